The Morgan fingerprint density at radius 3 is 2.18 bits per heavy atom. The summed E-state index contributed by atoms with van der Waals surface area (Å²) in [5.74, 6) is 0.715. The minimum atomic E-state index is -0.348. The summed E-state index contributed by atoms with van der Waals surface area (Å²) in [5, 5.41) is 2.74. The maximum absolute atomic E-state index is 11.8. The molecular weight excluding hydrogens is 286 g/mol. The molecule has 0 bridgehead atoms. The predicted molar refractivity (Wildman–Crippen MR) is 82.0 cm³/mol. The number of ether oxygens (including phenoxy) is 3. The first-order chi connectivity index (χ1) is 10.6. The SMILES string of the molecule is CCOc1ccc(OCC(=O)NC(CC)CC(=O)OC)cc1. The summed E-state index contributed by atoms with van der Waals surface area (Å²) >= 11 is 0. The molecule has 0 saturated heterocycles. The number of amides is 1. The van der Waals surface area contributed by atoms with Gasteiger partial charge in [-0.3, -0.25) is 9.59 Å². The van der Waals surface area contributed by atoms with Crippen molar-refractivity contribution in [1.29, 1.82) is 0 Å². The molecule has 1 N–H and O–H groups in total. The third kappa shape index (κ3) is 6.47. The van der Waals surface area contributed by atoms with Crippen LogP contribution in [0, 0.1) is 0 Å². The topological polar surface area (TPSA) is 73.9 Å². The molecule has 6 heteroatoms. The van der Waals surface area contributed by atoms with E-state index in [4.69, 9.17) is 9.47 Å². The van der Waals surface area contributed by atoms with Gasteiger partial charge in [-0.25, -0.2) is 0 Å². The Hall–Kier alpha value is -2.24. The van der Waals surface area contributed by atoms with Gasteiger partial charge in [-0.15, -0.1) is 0 Å². The van der Waals surface area contributed by atoms with Crippen LogP contribution in [0.25, 0.3) is 0 Å². The molecule has 1 atom stereocenters. The Bertz CT molecular complexity index is 472. The second kappa shape index (κ2) is 9.65. The highest BCUT2D eigenvalue weighted by Crippen LogP contribution is 2.17. The number of carbonyl (C=O) groups excluding carboxylic acids is 2. The van der Waals surface area contributed by atoms with Crippen LogP contribution in [0.2, 0.25) is 0 Å². The van der Waals surface area contributed by atoms with Crippen LogP contribution in [-0.2, 0) is 14.3 Å². The van der Waals surface area contributed by atoms with E-state index in [0.717, 1.165) is 5.75 Å². The first-order valence-electron chi connectivity index (χ1n) is 7.30. The van der Waals surface area contributed by atoms with Crippen molar-refractivity contribution < 1.29 is 23.8 Å². The number of benzene rings is 1. The quantitative estimate of drug-likeness (QED) is 0.706. The van der Waals surface area contributed by atoms with Gasteiger partial charge in [0.1, 0.15) is 11.5 Å². The Labute approximate surface area is 130 Å². The maximum Gasteiger partial charge on any atom is 0.307 e. The summed E-state index contributed by atoms with van der Waals surface area (Å²) in [5.41, 5.74) is 0. The Balaban J connectivity index is 2.39. The summed E-state index contributed by atoms with van der Waals surface area (Å²) in [6.07, 6.45) is 0.797. The molecule has 0 aliphatic rings. The third-order valence-corrected chi connectivity index (χ3v) is 3.00. The van der Waals surface area contributed by atoms with Crippen molar-refractivity contribution in [1.82, 2.24) is 5.32 Å². The highest BCUT2D eigenvalue weighted by molar-refractivity contribution is 5.79. The largest absolute Gasteiger partial charge is 0.494 e. The number of esters is 1. The molecule has 0 radical (unpaired) electrons. The maximum atomic E-state index is 11.8. The normalized spacial score (nSPS) is 11.4. The van der Waals surface area contributed by atoms with E-state index in [1.54, 1.807) is 24.3 Å². The molecule has 122 valence electrons. The predicted octanol–water partition coefficient (Wildman–Crippen LogP) is 1.92. The molecule has 0 saturated carbocycles. The molecule has 0 fully saturated rings. The van der Waals surface area contributed by atoms with Crippen molar-refractivity contribution in [2.45, 2.75) is 32.7 Å². The number of hydrogen-bond acceptors (Lipinski definition) is 5. The van der Waals surface area contributed by atoms with E-state index in [2.05, 4.69) is 10.1 Å². The molecular formula is C16H23NO5. The Kier molecular flexibility index (Phi) is 7.81. The minimum absolute atomic E-state index is 0.106. The zero-order valence-electron chi connectivity index (χ0n) is 13.3. The lowest BCUT2D eigenvalue weighted by molar-refractivity contribution is -0.141. The smallest absolute Gasteiger partial charge is 0.307 e. The fourth-order valence-corrected chi connectivity index (χ4v) is 1.80. The van der Waals surface area contributed by atoms with Crippen molar-refractivity contribution in [3.05, 3.63) is 24.3 Å². The van der Waals surface area contributed by atoms with Gasteiger partial charge in [0.05, 0.1) is 20.1 Å². The number of carbonyl (C=O) groups is 2. The molecule has 0 heterocycles. The van der Waals surface area contributed by atoms with E-state index >= 15 is 0 Å². The fraction of sp³-hybridized carbons (Fsp3) is 0.500. The molecule has 1 amide bonds. The molecule has 1 aromatic carbocycles. The van der Waals surface area contributed by atoms with Gasteiger partial charge in [-0.1, -0.05) is 6.92 Å². The van der Waals surface area contributed by atoms with Gasteiger partial charge in [0.15, 0.2) is 6.61 Å². The summed E-state index contributed by atoms with van der Waals surface area (Å²) in [6.45, 7) is 4.29. The molecule has 0 aromatic heterocycles. The van der Waals surface area contributed by atoms with Gasteiger partial charge in [0, 0.05) is 6.04 Å². The molecule has 22 heavy (non-hydrogen) atoms. The van der Waals surface area contributed by atoms with Gasteiger partial charge in [0.2, 0.25) is 0 Å². The summed E-state index contributed by atoms with van der Waals surface area (Å²) in [6, 6.07) is 6.79. The molecule has 1 unspecified atom stereocenters. The molecule has 0 spiro atoms. The Morgan fingerprint density at radius 1 is 1.09 bits per heavy atom. The first-order valence-corrected chi connectivity index (χ1v) is 7.30. The van der Waals surface area contributed by atoms with Gasteiger partial charge >= 0.3 is 5.97 Å². The standard InChI is InChI=1S/C16H23NO5/c1-4-12(10-16(19)20-3)17-15(18)11-22-14-8-6-13(7-9-14)21-5-2/h6-9,12H,4-5,10-11H2,1-3H3,(H,17,18). The highest BCUT2D eigenvalue weighted by Gasteiger charge is 2.15. The number of rotatable bonds is 9. The minimum Gasteiger partial charge on any atom is -0.494 e. The second-order valence-electron chi connectivity index (χ2n) is 4.65. The average molecular weight is 309 g/mol. The molecule has 6 nitrogen and oxygen atoms in total. The summed E-state index contributed by atoms with van der Waals surface area (Å²) < 4.78 is 15.3. The van der Waals surface area contributed by atoms with Crippen molar-refractivity contribution in [3.8, 4) is 11.5 Å². The zero-order valence-corrected chi connectivity index (χ0v) is 13.3. The lowest BCUT2D eigenvalue weighted by atomic mass is 10.1. The van der Waals surface area contributed by atoms with Crippen molar-refractivity contribution >= 4 is 11.9 Å². The lowest BCUT2D eigenvalue weighted by Gasteiger charge is -2.16. The summed E-state index contributed by atoms with van der Waals surface area (Å²) in [4.78, 5) is 23.0. The van der Waals surface area contributed by atoms with Crippen LogP contribution in [0.3, 0.4) is 0 Å². The van der Waals surface area contributed by atoms with Crippen LogP contribution in [0.5, 0.6) is 11.5 Å². The highest BCUT2D eigenvalue weighted by atomic mass is 16.5. The fourth-order valence-electron chi connectivity index (χ4n) is 1.80. The van der Waals surface area contributed by atoms with Crippen LogP contribution >= 0.6 is 0 Å². The van der Waals surface area contributed by atoms with Crippen molar-refractivity contribution in [2.75, 3.05) is 20.3 Å². The molecule has 0 aliphatic carbocycles. The van der Waals surface area contributed by atoms with Crippen LogP contribution in [0.4, 0.5) is 0 Å². The van der Waals surface area contributed by atoms with E-state index in [0.29, 0.717) is 18.8 Å². The monoisotopic (exact) mass is 309 g/mol. The van der Waals surface area contributed by atoms with Gasteiger partial charge in [-0.2, -0.15) is 0 Å². The van der Waals surface area contributed by atoms with E-state index in [1.807, 2.05) is 13.8 Å². The number of methoxy groups -OCH3 is 1. The van der Waals surface area contributed by atoms with Crippen LogP contribution in [0.1, 0.15) is 26.7 Å². The molecule has 1 aromatic rings. The number of hydrogen-bond donors (Lipinski definition) is 1. The van der Waals surface area contributed by atoms with E-state index < -0.39 is 0 Å². The number of nitrogens with one attached hydrogen (secondary N) is 1. The van der Waals surface area contributed by atoms with Crippen LogP contribution in [-0.4, -0.2) is 38.2 Å². The van der Waals surface area contributed by atoms with Crippen LogP contribution < -0.4 is 14.8 Å². The second-order valence-corrected chi connectivity index (χ2v) is 4.65. The van der Waals surface area contributed by atoms with Gasteiger partial charge < -0.3 is 19.5 Å². The third-order valence-electron chi connectivity index (χ3n) is 3.00. The lowest BCUT2D eigenvalue weighted by Crippen LogP contribution is -2.39. The van der Waals surface area contributed by atoms with E-state index in [1.165, 1.54) is 7.11 Å². The van der Waals surface area contributed by atoms with Gasteiger partial charge in [0.25, 0.3) is 5.91 Å². The van der Waals surface area contributed by atoms with Crippen molar-refractivity contribution in [2.24, 2.45) is 0 Å². The zero-order chi connectivity index (χ0) is 16.4. The molecule has 1 rings (SSSR count). The average Bonchev–Trinajstić information content (AvgIpc) is 2.53. The van der Waals surface area contributed by atoms with Crippen LogP contribution in [0.15, 0.2) is 24.3 Å². The Morgan fingerprint density at radius 2 is 1.68 bits per heavy atom. The molecule has 0 aliphatic heterocycles. The summed E-state index contributed by atoms with van der Waals surface area (Å²) in [7, 11) is 1.33. The van der Waals surface area contributed by atoms with E-state index in [-0.39, 0.29) is 30.9 Å². The first kappa shape index (κ1) is 17.8. The van der Waals surface area contributed by atoms with Crippen molar-refractivity contribution in [3.63, 3.8) is 0 Å². The van der Waals surface area contributed by atoms with Gasteiger partial charge in [-0.05, 0) is 37.6 Å². The van der Waals surface area contributed by atoms with E-state index in [9.17, 15) is 9.59 Å².